The molecule has 1 aliphatic heterocycles. The molecule has 1 aromatic carbocycles. The van der Waals surface area contributed by atoms with E-state index in [4.69, 9.17) is 0 Å². The van der Waals surface area contributed by atoms with Crippen molar-refractivity contribution in [3.05, 3.63) is 40.7 Å². The monoisotopic (exact) mass is 523 g/mol. The minimum Gasteiger partial charge on any atom is -0.307 e. The molecular weight excluding hydrogens is 487 g/mol. The first kappa shape index (κ1) is 27.4. The van der Waals surface area contributed by atoms with Crippen molar-refractivity contribution in [1.29, 1.82) is 0 Å². The number of amides is 2. The molecule has 0 atom stereocenters. The second kappa shape index (κ2) is 11.0. The number of carbonyl (C=O) groups excluding carboxylic acids is 1. The Kier molecular flexibility index (Phi) is 8.41. The Morgan fingerprint density at radius 2 is 1.69 bits per heavy atom. The molecule has 3 aliphatic rings. The zero-order valence-electron chi connectivity index (χ0n) is 21.9. The van der Waals surface area contributed by atoms with Crippen molar-refractivity contribution in [3.8, 4) is 0 Å². The van der Waals surface area contributed by atoms with Crippen LogP contribution >= 0.6 is 0 Å². The molecule has 1 aromatic heterocycles. The molecule has 2 amide bonds. The van der Waals surface area contributed by atoms with Crippen LogP contribution in [0.1, 0.15) is 61.8 Å². The molecule has 0 bridgehead atoms. The molecule has 1 fully saturated rings. The van der Waals surface area contributed by atoms with Crippen LogP contribution in [-0.4, -0.2) is 83.9 Å². The normalized spacial score (nSPS) is 18.0. The Morgan fingerprint density at radius 1 is 1.08 bits per heavy atom. The Morgan fingerprint density at radius 3 is 2.22 bits per heavy atom. The largest absolute Gasteiger partial charge is 0.334 e. The van der Waals surface area contributed by atoms with E-state index in [9.17, 15) is 13.2 Å². The van der Waals surface area contributed by atoms with Gasteiger partial charge >= 0.3 is 16.2 Å². The minimum absolute atomic E-state index is 0. The van der Waals surface area contributed by atoms with Gasteiger partial charge in [-0.2, -0.15) is 13.5 Å². The average molecular weight is 524 g/mol. The van der Waals surface area contributed by atoms with Crippen LogP contribution in [0.5, 0.6) is 0 Å². The summed E-state index contributed by atoms with van der Waals surface area (Å²) < 4.78 is 32.5. The molecule has 9 nitrogen and oxygen atoms in total. The van der Waals surface area contributed by atoms with E-state index in [-0.39, 0.29) is 35.6 Å². The number of aromatic nitrogens is 2. The number of hydrogen-bond acceptors (Lipinski definition) is 5. The fourth-order valence-corrected chi connectivity index (χ4v) is 7.34. The standard InChI is InChI=1S/C25H36N6O3S.Na/c1-17(2)30-12-10-20(11-13-30)31(21-15-26-29(3)16-21)35(33,34)28-25(32)27-24-22-8-4-6-18(22)14-19-7-5-9-23(19)24;/h14-17,20H,4-13H2,1-3H3,(H2,27,28,32);. The first-order valence-corrected chi connectivity index (χ1v) is 14.2. The van der Waals surface area contributed by atoms with Gasteiger partial charge in [-0.25, -0.2) is 13.8 Å². The maximum Gasteiger partial charge on any atom is 0.334 e. The van der Waals surface area contributed by atoms with E-state index >= 15 is 0 Å². The van der Waals surface area contributed by atoms with E-state index in [0.717, 1.165) is 57.3 Å². The molecule has 0 unspecified atom stereocenters. The summed E-state index contributed by atoms with van der Waals surface area (Å²) in [7, 11) is -2.39. The summed E-state index contributed by atoms with van der Waals surface area (Å²) in [5.41, 5.74) is 6.22. The number of rotatable bonds is 6. The Balaban J connectivity index is 0.00000304. The number of nitrogens with one attached hydrogen (secondary N) is 2. The number of likely N-dealkylation sites (tertiary alicyclic amines) is 1. The average Bonchev–Trinajstić information content (AvgIpc) is 3.54. The molecule has 0 spiro atoms. The number of benzene rings is 1. The van der Waals surface area contributed by atoms with Crippen molar-refractivity contribution in [3.63, 3.8) is 0 Å². The van der Waals surface area contributed by atoms with Crippen LogP contribution in [0.3, 0.4) is 0 Å². The van der Waals surface area contributed by atoms with E-state index in [2.05, 4.69) is 40.0 Å². The molecule has 1 saturated heterocycles. The summed E-state index contributed by atoms with van der Waals surface area (Å²) in [5.74, 6) is 0. The van der Waals surface area contributed by atoms with Crippen molar-refractivity contribution in [2.45, 2.75) is 77.3 Å². The van der Waals surface area contributed by atoms with Gasteiger partial charge in [-0.05, 0) is 87.5 Å². The summed E-state index contributed by atoms with van der Waals surface area (Å²) >= 11 is 0. The maximum absolute atomic E-state index is 13.6. The van der Waals surface area contributed by atoms with Crippen LogP contribution < -0.4 is 14.3 Å². The second-order valence-electron chi connectivity index (χ2n) is 10.3. The molecule has 1 radical (unpaired) electrons. The Labute approximate surface area is 236 Å². The van der Waals surface area contributed by atoms with E-state index in [1.165, 1.54) is 26.6 Å². The van der Waals surface area contributed by atoms with Crippen molar-refractivity contribution >= 4 is 57.2 Å². The van der Waals surface area contributed by atoms with Gasteiger partial charge < -0.3 is 10.2 Å². The van der Waals surface area contributed by atoms with Gasteiger partial charge in [0.1, 0.15) is 0 Å². The summed E-state index contributed by atoms with van der Waals surface area (Å²) in [6.45, 7) is 5.92. The van der Waals surface area contributed by atoms with E-state index in [0.29, 0.717) is 24.6 Å². The van der Waals surface area contributed by atoms with Crippen molar-refractivity contribution in [1.82, 2.24) is 19.4 Å². The van der Waals surface area contributed by atoms with Gasteiger partial charge in [0.25, 0.3) is 0 Å². The number of piperidine rings is 1. The van der Waals surface area contributed by atoms with Crippen molar-refractivity contribution in [2.75, 3.05) is 22.7 Å². The van der Waals surface area contributed by atoms with Gasteiger partial charge in [-0.1, -0.05) is 6.07 Å². The molecule has 5 rings (SSSR count). The summed E-state index contributed by atoms with van der Waals surface area (Å²) in [6, 6.07) is 1.76. The molecule has 11 heteroatoms. The van der Waals surface area contributed by atoms with Gasteiger partial charge in [0.05, 0.1) is 11.9 Å². The maximum atomic E-state index is 13.6. The third kappa shape index (κ3) is 5.48. The molecule has 2 aliphatic carbocycles. The van der Waals surface area contributed by atoms with E-state index < -0.39 is 16.2 Å². The first-order valence-electron chi connectivity index (χ1n) is 12.8. The molecular formula is C25H36N6NaO3S. The summed E-state index contributed by atoms with van der Waals surface area (Å²) in [5, 5.41) is 7.14. The summed E-state index contributed by atoms with van der Waals surface area (Å²) in [6.07, 6.45) is 10.6. The van der Waals surface area contributed by atoms with Crippen LogP contribution in [0.15, 0.2) is 18.5 Å². The van der Waals surface area contributed by atoms with E-state index in [1.54, 1.807) is 24.1 Å². The molecule has 2 heterocycles. The molecule has 191 valence electrons. The molecule has 0 saturated carbocycles. The van der Waals surface area contributed by atoms with Crippen molar-refractivity contribution in [2.24, 2.45) is 7.05 Å². The van der Waals surface area contributed by atoms with Gasteiger partial charge in [-0.3, -0.25) is 4.68 Å². The predicted octanol–water partition coefficient (Wildman–Crippen LogP) is 2.76. The topological polar surface area (TPSA) is 99.6 Å². The van der Waals surface area contributed by atoms with Crippen LogP contribution in [0.4, 0.5) is 16.2 Å². The number of hydrogen-bond donors (Lipinski definition) is 2. The Bertz CT molecular complexity index is 1190. The number of carbonyl (C=O) groups is 1. The predicted molar refractivity (Wildman–Crippen MR) is 143 cm³/mol. The SMILES string of the molecule is CC(C)N1CCC(N(c2cnn(C)c2)S(=O)(=O)NC(=O)Nc2c3c(cc4c2CCC4)CCC3)CC1.[Na]. The van der Waals surface area contributed by atoms with Gasteiger partial charge in [0.2, 0.25) is 0 Å². The second-order valence-corrected chi connectivity index (χ2v) is 11.9. The fourth-order valence-electron chi connectivity index (χ4n) is 5.98. The first-order chi connectivity index (χ1) is 16.7. The van der Waals surface area contributed by atoms with Crippen LogP contribution in [-0.2, 0) is 42.9 Å². The third-order valence-electron chi connectivity index (χ3n) is 7.70. The third-order valence-corrected chi connectivity index (χ3v) is 9.17. The zero-order valence-corrected chi connectivity index (χ0v) is 24.7. The van der Waals surface area contributed by atoms with Crippen molar-refractivity contribution < 1.29 is 13.2 Å². The Hall–Kier alpha value is -1.59. The number of nitrogens with zero attached hydrogens (tertiary/aromatic N) is 4. The zero-order chi connectivity index (χ0) is 24.7. The molecule has 2 N–H and O–H groups in total. The van der Waals surface area contributed by atoms with E-state index in [1.807, 2.05) is 0 Å². The summed E-state index contributed by atoms with van der Waals surface area (Å²) in [4.78, 5) is 15.5. The molecule has 36 heavy (non-hydrogen) atoms. The number of fused-ring (bicyclic) bond motifs is 2. The van der Waals surface area contributed by atoms with Crippen LogP contribution in [0, 0.1) is 0 Å². The van der Waals surface area contributed by atoms with Crippen LogP contribution in [0.25, 0.3) is 0 Å². The number of urea groups is 1. The number of aryl methyl sites for hydroxylation is 3. The molecule has 2 aromatic rings. The minimum atomic E-state index is -4.15. The van der Waals surface area contributed by atoms with Gasteiger partial charge in [0, 0.05) is 73.7 Å². The smallest absolute Gasteiger partial charge is 0.307 e. The van der Waals surface area contributed by atoms with Crippen LogP contribution in [0.2, 0.25) is 0 Å². The number of anilines is 2. The fraction of sp³-hybridized carbons (Fsp3) is 0.600. The van der Waals surface area contributed by atoms with Gasteiger partial charge in [-0.15, -0.1) is 0 Å². The quantitative estimate of drug-likeness (QED) is 0.568. The van der Waals surface area contributed by atoms with Gasteiger partial charge in [0.15, 0.2) is 0 Å².